The number of nitrogens with one attached hydrogen (secondary N) is 3. The third-order valence-electron chi connectivity index (χ3n) is 4.83. The minimum absolute atomic E-state index is 0.0986. The number of rotatable bonds is 6. The van der Waals surface area contributed by atoms with Crippen molar-refractivity contribution < 1.29 is 14.0 Å². The van der Waals surface area contributed by atoms with Crippen molar-refractivity contribution in [2.45, 2.75) is 23.9 Å². The number of fused-ring (bicyclic) bond motifs is 1. The molecular weight excluding hydrogens is 419 g/mol. The molecule has 0 saturated heterocycles. The first kappa shape index (κ1) is 20.8. The number of aromatic amines is 1. The first-order valence-electron chi connectivity index (χ1n) is 9.67. The monoisotopic (exact) mass is 438 g/mol. The van der Waals surface area contributed by atoms with Gasteiger partial charge in [-0.3, -0.25) is 14.4 Å². The van der Waals surface area contributed by atoms with Crippen molar-refractivity contribution in [1.29, 1.82) is 0 Å². The molecule has 1 aromatic heterocycles. The van der Waals surface area contributed by atoms with Crippen LogP contribution in [0, 0.1) is 5.82 Å². The molecule has 2 aromatic carbocycles. The van der Waals surface area contributed by atoms with Crippen molar-refractivity contribution in [2.24, 2.45) is 0 Å². The van der Waals surface area contributed by atoms with Gasteiger partial charge in [0.2, 0.25) is 11.8 Å². The van der Waals surface area contributed by atoms with Gasteiger partial charge in [-0.25, -0.2) is 9.37 Å². The van der Waals surface area contributed by atoms with Crippen LogP contribution in [0.2, 0.25) is 0 Å². The maximum Gasteiger partial charge on any atom is 0.257 e. The zero-order valence-corrected chi connectivity index (χ0v) is 17.2. The molecular formula is C22H19FN4O3S. The lowest BCUT2D eigenvalue weighted by Gasteiger charge is -2.23. The number of aryl methyl sites for hydroxylation is 1. The summed E-state index contributed by atoms with van der Waals surface area (Å²) >= 11 is 1.36. The molecule has 7 nitrogen and oxygen atoms in total. The van der Waals surface area contributed by atoms with Gasteiger partial charge in [-0.2, -0.15) is 0 Å². The second kappa shape index (κ2) is 9.13. The van der Waals surface area contributed by atoms with Crippen LogP contribution >= 0.6 is 11.8 Å². The van der Waals surface area contributed by atoms with E-state index in [4.69, 9.17) is 0 Å². The SMILES string of the molecule is O=C1C[C@@H](C(=O)Nc2ccc(F)cc2)c2c(nc(SCCc3ccccc3)[nH]c2=O)N1. The fourth-order valence-electron chi connectivity index (χ4n) is 3.32. The lowest BCUT2D eigenvalue weighted by Crippen LogP contribution is -2.36. The average molecular weight is 438 g/mol. The molecule has 0 spiro atoms. The number of carbonyl (C=O) groups is 2. The van der Waals surface area contributed by atoms with E-state index < -0.39 is 29.1 Å². The lowest BCUT2D eigenvalue weighted by molar-refractivity contribution is -0.123. The summed E-state index contributed by atoms with van der Waals surface area (Å²) in [5, 5.41) is 5.59. The van der Waals surface area contributed by atoms with E-state index in [2.05, 4.69) is 20.6 Å². The fraction of sp³-hybridized carbons (Fsp3) is 0.182. The summed E-state index contributed by atoms with van der Waals surface area (Å²) in [6.07, 6.45) is 0.618. The predicted octanol–water partition coefficient (Wildman–Crippen LogP) is 3.31. The van der Waals surface area contributed by atoms with E-state index in [1.165, 1.54) is 41.6 Å². The molecule has 0 radical (unpaired) electrons. The zero-order valence-electron chi connectivity index (χ0n) is 16.4. The smallest absolute Gasteiger partial charge is 0.257 e. The van der Waals surface area contributed by atoms with Crippen molar-refractivity contribution in [3.63, 3.8) is 0 Å². The highest BCUT2D eigenvalue weighted by Gasteiger charge is 2.34. The van der Waals surface area contributed by atoms with Gasteiger partial charge in [-0.05, 0) is 36.2 Å². The summed E-state index contributed by atoms with van der Waals surface area (Å²) in [5.74, 6) is -1.56. The van der Waals surface area contributed by atoms with Gasteiger partial charge in [0, 0.05) is 17.9 Å². The van der Waals surface area contributed by atoms with Crippen LogP contribution < -0.4 is 16.2 Å². The maximum atomic E-state index is 13.1. The number of benzene rings is 2. The number of aromatic nitrogens is 2. The molecule has 3 N–H and O–H groups in total. The van der Waals surface area contributed by atoms with Crippen LogP contribution in [0.15, 0.2) is 64.5 Å². The Morgan fingerprint density at radius 3 is 2.61 bits per heavy atom. The van der Waals surface area contributed by atoms with E-state index in [0.29, 0.717) is 16.6 Å². The minimum atomic E-state index is -0.992. The predicted molar refractivity (Wildman–Crippen MR) is 117 cm³/mol. The number of amides is 2. The van der Waals surface area contributed by atoms with Crippen LogP contribution in [0.1, 0.15) is 23.5 Å². The molecule has 9 heteroatoms. The summed E-state index contributed by atoms with van der Waals surface area (Å²) in [6.45, 7) is 0. The Morgan fingerprint density at radius 1 is 1.13 bits per heavy atom. The third kappa shape index (κ3) is 5.00. The minimum Gasteiger partial charge on any atom is -0.326 e. The molecule has 1 aliphatic rings. The Hall–Kier alpha value is -3.46. The molecule has 4 rings (SSSR count). The summed E-state index contributed by atoms with van der Waals surface area (Å²) in [4.78, 5) is 44.7. The first-order chi connectivity index (χ1) is 15.0. The molecule has 2 heterocycles. The van der Waals surface area contributed by atoms with E-state index in [0.717, 1.165) is 6.42 Å². The molecule has 0 unspecified atom stereocenters. The van der Waals surface area contributed by atoms with Crippen molar-refractivity contribution >= 4 is 35.1 Å². The number of H-pyrrole nitrogens is 1. The van der Waals surface area contributed by atoms with Crippen molar-refractivity contribution in [3.8, 4) is 0 Å². The molecule has 158 valence electrons. The van der Waals surface area contributed by atoms with Crippen LogP contribution in [0.4, 0.5) is 15.9 Å². The maximum absolute atomic E-state index is 13.1. The van der Waals surface area contributed by atoms with Gasteiger partial charge in [0.05, 0.1) is 11.5 Å². The first-order valence-corrected chi connectivity index (χ1v) is 10.7. The Bertz CT molecular complexity index is 1170. The number of halogens is 1. The fourth-order valence-corrected chi connectivity index (χ4v) is 4.17. The molecule has 0 aliphatic carbocycles. The molecule has 0 fully saturated rings. The topological polar surface area (TPSA) is 104 Å². The number of anilines is 2. The van der Waals surface area contributed by atoms with Crippen LogP contribution in [0.25, 0.3) is 0 Å². The zero-order chi connectivity index (χ0) is 21.8. The van der Waals surface area contributed by atoms with E-state index in [1.54, 1.807) is 0 Å². The molecule has 1 aliphatic heterocycles. The highest BCUT2D eigenvalue weighted by Crippen LogP contribution is 2.30. The summed E-state index contributed by atoms with van der Waals surface area (Å²) in [7, 11) is 0. The molecule has 1 atom stereocenters. The van der Waals surface area contributed by atoms with Gasteiger partial charge in [-0.1, -0.05) is 42.1 Å². The van der Waals surface area contributed by atoms with Gasteiger partial charge in [0.1, 0.15) is 11.6 Å². The van der Waals surface area contributed by atoms with E-state index >= 15 is 0 Å². The Labute approximate surface area is 181 Å². The standard InChI is InChI=1S/C22H19FN4O3S/c23-14-6-8-15(9-7-14)24-20(29)16-12-17(28)25-19-18(16)21(30)27-22(26-19)31-11-10-13-4-2-1-3-5-13/h1-9,16H,10-12H2,(H,24,29)(H2,25,26,27,28,30)/t16-/m1/s1. The van der Waals surface area contributed by atoms with Crippen LogP contribution in [-0.4, -0.2) is 27.5 Å². The second-order valence-corrected chi connectivity index (χ2v) is 8.10. The van der Waals surface area contributed by atoms with Gasteiger partial charge in [0.25, 0.3) is 5.56 Å². The second-order valence-electron chi connectivity index (χ2n) is 7.02. The van der Waals surface area contributed by atoms with Crippen molar-refractivity contribution in [2.75, 3.05) is 16.4 Å². The number of hydrogen-bond acceptors (Lipinski definition) is 5. The normalized spacial score (nSPS) is 15.1. The van der Waals surface area contributed by atoms with E-state index in [9.17, 15) is 18.8 Å². The molecule has 0 bridgehead atoms. The highest BCUT2D eigenvalue weighted by atomic mass is 32.2. The highest BCUT2D eigenvalue weighted by molar-refractivity contribution is 7.99. The van der Waals surface area contributed by atoms with Gasteiger partial charge < -0.3 is 15.6 Å². The number of nitrogens with zero attached hydrogens (tertiary/aromatic N) is 1. The van der Waals surface area contributed by atoms with Gasteiger partial charge >= 0.3 is 0 Å². The van der Waals surface area contributed by atoms with Crippen molar-refractivity contribution in [1.82, 2.24) is 9.97 Å². The Kier molecular flexibility index (Phi) is 6.13. The van der Waals surface area contributed by atoms with Crippen LogP contribution in [0.5, 0.6) is 0 Å². The molecule has 31 heavy (non-hydrogen) atoms. The number of hydrogen-bond donors (Lipinski definition) is 3. The lowest BCUT2D eigenvalue weighted by atomic mass is 9.92. The van der Waals surface area contributed by atoms with E-state index in [1.807, 2.05) is 30.3 Å². The summed E-state index contributed by atoms with van der Waals surface area (Å²) in [6, 6.07) is 15.2. The Morgan fingerprint density at radius 2 is 1.87 bits per heavy atom. The molecule has 2 amide bonds. The van der Waals surface area contributed by atoms with E-state index in [-0.39, 0.29) is 17.8 Å². The van der Waals surface area contributed by atoms with Gasteiger partial charge in [0.15, 0.2) is 5.16 Å². The molecule has 0 saturated carbocycles. The average Bonchev–Trinajstić information content (AvgIpc) is 2.75. The summed E-state index contributed by atoms with van der Waals surface area (Å²) in [5.41, 5.74) is 1.19. The number of thioether (sulfide) groups is 1. The number of carbonyl (C=O) groups excluding carboxylic acids is 2. The molecule has 3 aromatic rings. The van der Waals surface area contributed by atoms with Gasteiger partial charge in [-0.15, -0.1) is 0 Å². The van der Waals surface area contributed by atoms with Crippen LogP contribution in [0.3, 0.4) is 0 Å². The quantitative estimate of drug-likeness (QED) is 0.405. The third-order valence-corrected chi connectivity index (χ3v) is 5.70. The van der Waals surface area contributed by atoms with Crippen LogP contribution in [-0.2, 0) is 16.0 Å². The summed E-state index contributed by atoms with van der Waals surface area (Å²) < 4.78 is 13.1. The van der Waals surface area contributed by atoms with Crippen molar-refractivity contribution in [3.05, 3.63) is 81.9 Å². The largest absolute Gasteiger partial charge is 0.326 e. The Balaban J connectivity index is 1.51.